The zero-order valence-electron chi connectivity index (χ0n) is 16.2. The number of hydrogen-bond donors (Lipinski definition) is 2. The molecule has 0 aliphatic heterocycles. The molecule has 1 aromatic heterocycles. The van der Waals surface area contributed by atoms with E-state index in [0.29, 0.717) is 17.8 Å². The number of Topliss-reactive ketones (excluding diaryl/α,β-unsaturated/α-hetero) is 1. The number of hydrogen-bond acceptors (Lipinski definition) is 5. The molecule has 6 nitrogen and oxygen atoms in total. The highest BCUT2D eigenvalue weighted by atomic mass is 32.2. The molecule has 1 amide bonds. The predicted molar refractivity (Wildman–Crippen MR) is 114 cm³/mol. The van der Waals surface area contributed by atoms with Gasteiger partial charge in [-0.25, -0.2) is 13.1 Å². The van der Waals surface area contributed by atoms with Crippen LogP contribution in [0.1, 0.15) is 53.8 Å². The third-order valence-corrected chi connectivity index (χ3v) is 7.47. The average Bonchev–Trinajstić information content (AvgIpc) is 3.40. The molecular formula is C21H26N2O4S2. The molecule has 1 aliphatic rings. The zero-order valence-corrected chi connectivity index (χ0v) is 17.9. The normalized spacial score (nSPS) is 14.8. The van der Waals surface area contributed by atoms with Crippen molar-refractivity contribution in [3.8, 4) is 0 Å². The van der Waals surface area contributed by atoms with Crippen LogP contribution >= 0.6 is 11.3 Å². The third kappa shape index (κ3) is 6.48. The van der Waals surface area contributed by atoms with Crippen LogP contribution in [0.25, 0.3) is 0 Å². The Labute approximate surface area is 175 Å². The number of nitrogens with one attached hydrogen (secondary N) is 2. The first-order valence-corrected chi connectivity index (χ1v) is 12.2. The van der Waals surface area contributed by atoms with Crippen molar-refractivity contribution in [2.24, 2.45) is 0 Å². The summed E-state index contributed by atoms with van der Waals surface area (Å²) < 4.78 is 27.6. The van der Waals surface area contributed by atoms with E-state index in [1.165, 1.54) is 11.3 Å². The van der Waals surface area contributed by atoms with E-state index >= 15 is 0 Å². The van der Waals surface area contributed by atoms with Crippen LogP contribution < -0.4 is 10.0 Å². The molecule has 1 heterocycles. The maximum Gasteiger partial charge on any atom is 0.240 e. The van der Waals surface area contributed by atoms with E-state index in [0.717, 1.165) is 31.2 Å². The summed E-state index contributed by atoms with van der Waals surface area (Å²) in [7, 11) is -3.48. The van der Waals surface area contributed by atoms with E-state index in [1.807, 2.05) is 11.4 Å². The summed E-state index contributed by atoms with van der Waals surface area (Å²) in [5.74, 6) is -0.173. The number of rotatable bonds is 10. The lowest BCUT2D eigenvalue weighted by molar-refractivity contribution is -0.121. The standard InChI is InChI=1S/C21H26N2O4S2/c24-19(20-6-3-15-28-20)11-12-21(25)22-14-13-16-7-9-18(10-8-16)29(26,27)23-17-4-1-2-5-17/h3,6-10,15,17,23H,1-2,4-5,11-14H2,(H,22,25). The molecule has 0 radical (unpaired) electrons. The Morgan fingerprint density at radius 2 is 1.76 bits per heavy atom. The van der Waals surface area contributed by atoms with Gasteiger partial charge >= 0.3 is 0 Å². The first kappa shape index (κ1) is 21.7. The second-order valence-electron chi connectivity index (χ2n) is 7.25. The van der Waals surface area contributed by atoms with Gasteiger partial charge in [0.2, 0.25) is 15.9 Å². The zero-order chi connectivity index (χ0) is 20.7. The number of sulfonamides is 1. The first-order chi connectivity index (χ1) is 13.9. The number of amides is 1. The van der Waals surface area contributed by atoms with Gasteiger partial charge < -0.3 is 5.32 Å². The fourth-order valence-electron chi connectivity index (χ4n) is 3.39. The topological polar surface area (TPSA) is 92.3 Å². The number of benzene rings is 1. The smallest absolute Gasteiger partial charge is 0.240 e. The van der Waals surface area contributed by atoms with E-state index in [4.69, 9.17) is 0 Å². The van der Waals surface area contributed by atoms with Crippen LogP contribution in [0.4, 0.5) is 0 Å². The van der Waals surface area contributed by atoms with Crippen LogP contribution in [0, 0.1) is 0 Å². The highest BCUT2D eigenvalue weighted by Crippen LogP contribution is 2.20. The van der Waals surface area contributed by atoms with Gasteiger partial charge in [-0.1, -0.05) is 31.0 Å². The Morgan fingerprint density at radius 1 is 1.03 bits per heavy atom. The van der Waals surface area contributed by atoms with Gasteiger partial charge in [-0.15, -0.1) is 11.3 Å². The van der Waals surface area contributed by atoms with Crippen molar-refractivity contribution in [3.63, 3.8) is 0 Å². The summed E-state index contributed by atoms with van der Waals surface area (Å²) >= 11 is 1.38. The lowest BCUT2D eigenvalue weighted by Crippen LogP contribution is -2.32. The average molecular weight is 435 g/mol. The molecule has 1 aliphatic carbocycles. The van der Waals surface area contributed by atoms with Crippen molar-refractivity contribution in [1.82, 2.24) is 10.0 Å². The lowest BCUT2D eigenvalue weighted by atomic mass is 10.1. The summed E-state index contributed by atoms with van der Waals surface area (Å²) in [6, 6.07) is 10.4. The molecule has 0 saturated heterocycles. The van der Waals surface area contributed by atoms with Crippen molar-refractivity contribution in [2.75, 3.05) is 6.54 Å². The molecule has 29 heavy (non-hydrogen) atoms. The van der Waals surface area contributed by atoms with Crippen LogP contribution in [0.5, 0.6) is 0 Å². The Kier molecular flexibility index (Phi) is 7.57. The minimum Gasteiger partial charge on any atom is -0.356 e. The monoisotopic (exact) mass is 434 g/mol. The molecule has 0 unspecified atom stereocenters. The summed E-state index contributed by atoms with van der Waals surface area (Å²) in [6.07, 6.45) is 4.90. The molecule has 2 aromatic rings. The molecule has 1 fully saturated rings. The number of thiophene rings is 1. The third-order valence-electron chi connectivity index (χ3n) is 5.02. The lowest BCUT2D eigenvalue weighted by Gasteiger charge is -2.13. The van der Waals surface area contributed by atoms with Crippen molar-refractivity contribution in [3.05, 3.63) is 52.2 Å². The van der Waals surface area contributed by atoms with E-state index in [9.17, 15) is 18.0 Å². The van der Waals surface area contributed by atoms with Gasteiger partial charge in [0.05, 0.1) is 9.77 Å². The van der Waals surface area contributed by atoms with Crippen LogP contribution in [0.3, 0.4) is 0 Å². The van der Waals surface area contributed by atoms with Crippen molar-refractivity contribution < 1.29 is 18.0 Å². The molecule has 8 heteroatoms. The highest BCUT2D eigenvalue weighted by molar-refractivity contribution is 7.89. The second-order valence-corrected chi connectivity index (χ2v) is 9.91. The maximum atomic E-state index is 12.4. The number of carbonyl (C=O) groups excluding carboxylic acids is 2. The Bertz CT molecular complexity index is 916. The quantitative estimate of drug-likeness (QED) is 0.561. The molecule has 0 spiro atoms. The second kappa shape index (κ2) is 10.1. The van der Waals surface area contributed by atoms with Crippen LogP contribution in [0.15, 0.2) is 46.7 Å². The summed E-state index contributed by atoms with van der Waals surface area (Å²) in [4.78, 5) is 24.8. The fourth-order valence-corrected chi connectivity index (χ4v) is 5.39. The first-order valence-electron chi connectivity index (χ1n) is 9.89. The highest BCUT2D eigenvalue weighted by Gasteiger charge is 2.22. The SMILES string of the molecule is O=C(CCC(=O)c1cccs1)NCCc1ccc(S(=O)(=O)NC2CCCC2)cc1. The molecule has 0 atom stereocenters. The molecule has 1 saturated carbocycles. The van der Waals surface area contributed by atoms with Crippen LogP contribution in [0.2, 0.25) is 0 Å². The van der Waals surface area contributed by atoms with Crippen LogP contribution in [-0.4, -0.2) is 32.7 Å². The molecular weight excluding hydrogens is 408 g/mol. The van der Waals surface area contributed by atoms with Gasteiger partial charge in [0, 0.05) is 25.4 Å². The molecule has 1 aromatic carbocycles. The number of carbonyl (C=O) groups is 2. The van der Waals surface area contributed by atoms with Gasteiger partial charge in [-0.3, -0.25) is 9.59 Å². The van der Waals surface area contributed by atoms with Gasteiger partial charge in [0.1, 0.15) is 0 Å². The molecule has 2 N–H and O–H groups in total. The van der Waals surface area contributed by atoms with Gasteiger partial charge in [0.15, 0.2) is 5.78 Å². The van der Waals surface area contributed by atoms with Crippen molar-refractivity contribution in [1.29, 1.82) is 0 Å². The predicted octanol–water partition coefficient (Wildman–Crippen LogP) is 3.29. The van der Waals surface area contributed by atoms with Crippen molar-refractivity contribution in [2.45, 2.75) is 55.9 Å². The van der Waals surface area contributed by atoms with Gasteiger partial charge in [-0.05, 0) is 48.4 Å². The maximum absolute atomic E-state index is 12.4. The summed E-state index contributed by atoms with van der Waals surface area (Å²) in [5, 5.41) is 4.65. The van der Waals surface area contributed by atoms with E-state index in [2.05, 4.69) is 10.0 Å². The Balaban J connectivity index is 1.40. The van der Waals surface area contributed by atoms with Gasteiger partial charge in [-0.2, -0.15) is 0 Å². The molecule has 156 valence electrons. The van der Waals surface area contributed by atoms with E-state index in [1.54, 1.807) is 30.3 Å². The van der Waals surface area contributed by atoms with Crippen molar-refractivity contribution >= 4 is 33.1 Å². The summed E-state index contributed by atoms with van der Waals surface area (Å²) in [5.41, 5.74) is 0.944. The molecule has 0 bridgehead atoms. The molecule has 3 rings (SSSR count). The largest absolute Gasteiger partial charge is 0.356 e. The fraction of sp³-hybridized carbons (Fsp3) is 0.429. The Morgan fingerprint density at radius 3 is 2.41 bits per heavy atom. The minimum atomic E-state index is -3.48. The number of ketones is 1. The van der Waals surface area contributed by atoms with Gasteiger partial charge in [0.25, 0.3) is 0 Å². The summed E-state index contributed by atoms with van der Waals surface area (Å²) in [6.45, 7) is 0.443. The van der Waals surface area contributed by atoms with Crippen LogP contribution in [-0.2, 0) is 21.2 Å². The Hall–Kier alpha value is -2.03. The minimum absolute atomic E-state index is 0.0156. The van der Waals surface area contributed by atoms with E-state index in [-0.39, 0.29) is 35.5 Å². The van der Waals surface area contributed by atoms with E-state index < -0.39 is 10.0 Å².